The van der Waals surface area contributed by atoms with Crippen LogP contribution in [0.4, 0.5) is 5.69 Å². The van der Waals surface area contributed by atoms with Crippen LogP contribution < -0.4 is 5.32 Å². The maximum atomic E-state index is 12.5. The van der Waals surface area contributed by atoms with Gasteiger partial charge in [-0.15, -0.1) is 0 Å². The number of amides is 1. The van der Waals surface area contributed by atoms with Gasteiger partial charge >= 0.3 is 0 Å². The monoisotopic (exact) mass is 379 g/mol. The van der Waals surface area contributed by atoms with Gasteiger partial charge < -0.3 is 9.72 Å². The van der Waals surface area contributed by atoms with Crippen molar-refractivity contribution in [3.05, 3.63) is 103 Å². The summed E-state index contributed by atoms with van der Waals surface area (Å²) in [5, 5.41) is 7.12. The Hall–Kier alpha value is -4.19. The fraction of sp³-hybridized carbons (Fsp3) is 0. The van der Waals surface area contributed by atoms with Gasteiger partial charge in [0.1, 0.15) is 5.65 Å². The molecule has 1 N–H and O–H groups in total. The van der Waals surface area contributed by atoms with Crippen molar-refractivity contribution >= 4 is 17.2 Å². The zero-order valence-electron chi connectivity index (χ0n) is 15.4. The van der Waals surface area contributed by atoms with Crippen molar-refractivity contribution in [3.63, 3.8) is 0 Å². The van der Waals surface area contributed by atoms with Crippen molar-refractivity contribution in [2.24, 2.45) is 0 Å². The lowest BCUT2D eigenvalue weighted by Gasteiger charge is -2.07. The zero-order valence-corrected chi connectivity index (χ0v) is 15.4. The zero-order chi connectivity index (χ0) is 19.6. The number of carbonyl (C=O) groups excluding carboxylic acids is 1. The number of hydrogen-bond acceptors (Lipinski definition) is 3. The van der Waals surface area contributed by atoms with Gasteiger partial charge in [-0.25, -0.2) is 9.67 Å². The number of aromatic nitrogens is 4. The fourth-order valence-corrected chi connectivity index (χ4v) is 3.19. The smallest absolute Gasteiger partial charge is 0.255 e. The number of nitrogens with zero attached hydrogens (tertiary/aromatic N) is 4. The van der Waals surface area contributed by atoms with E-state index in [4.69, 9.17) is 0 Å². The van der Waals surface area contributed by atoms with E-state index in [1.165, 1.54) is 0 Å². The lowest BCUT2D eigenvalue weighted by atomic mass is 10.1. The highest BCUT2D eigenvalue weighted by molar-refractivity contribution is 6.04. The first-order valence-electron chi connectivity index (χ1n) is 9.22. The molecule has 0 bridgehead atoms. The highest BCUT2D eigenvalue weighted by Crippen LogP contribution is 2.21. The fourth-order valence-electron chi connectivity index (χ4n) is 3.19. The van der Waals surface area contributed by atoms with E-state index in [9.17, 15) is 4.79 Å². The predicted octanol–water partition coefficient (Wildman–Crippen LogP) is 4.44. The quantitative estimate of drug-likeness (QED) is 0.502. The molecular formula is C23H17N5O. The minimum Gasteiger partial charge on any atom is -0.322 e. The number of imidazole rings is 1. The van der Waals surface area contributed by atoms with Crippen molar-refractivity contribution in [1.82, 2.24) is 19.2 Å². The number of pyridine rings is 1. The van der Waals surface area contributed by atoms with Crippen LogP contribution in [0, 0.1) is 0 Å². The molecule has 140 valence electrons. The molecule has 0 unspecified atom stereocenters. The summed E-state index contributed by atoms with van der Waals surface area (Å²) < 4.78 is 3.73. The lowest BCUT2D eigenvalue weighted by Crippen LogP contribution is -2.11. The lowest BCUT2D eigenvalue weighted by molar-refractivity contribution is 0.102. The van der Waals surface area contributed by atoms with Crippen molar-refractivity contribution in [3.8, 4) is 16.9 Å². The van der Waals surface area contributed by atoms with Gasteiger partial charge in [-0.1, -0.05) is 18.2 Å². The number of benzene rings is 2. The Labute approximate surface area is 167 Å². The highest BCUT2D eigenvalue weighted by Gasteiger charge is 2.08. The van der Waals surface area contributed by atoms with E-state index in [1.807, 2.05) is 83.7 Å². The van der Waals surface area contributed by atoms with Crippen LogP contribution in [-0.2, 0) is 0 Å². The third kappa shape index (κ3) is 3.39. The molecule has 0 radical (unpaired) electrons. The molecular weight excluding hydrogens is 362 g/mol. The summed E-state index contributed by atoms with van der Waals surface area (Å²) in [6.07, 6.45) is 7.54. The van der Waals surface area contributed by atoms with Crippen LogP contribution >= 0.6 is 0 Å². The van der Waals surface area contributed by atoms with Crippen LogP contribution in [0.15, 0.2) is 97.6 Å². The molecule has 1 amide bonds. The average molecular weight is 379 g/mol. The van der Waals surface area contributed by atoms with E-state index in [-0.39, 0.29) is 5.91 Å². The van der Waals surface area contributed by atoms with Gasteiger partial charge in [0.05, 0.1) is 11.4 Å². The molecule has 0 fully saturated rings. The van der Waals surface area contributed by atoms with Gasteiger partial charge in [-0.3, -0.25) is 4.79 Å². The van der Waals surface area contributed by atoms with Gasteiger partial charge in [0.15, 0.2) is 0 Å². The summed E-state index contributed by atoms with van der Waals surface area (Å²) in [6.45, 7) is 0. The van der Waals surface area contributed by atoms with Crippen LogP contribution in [-0.4, -0.2) is 25.1 Å². The normalized spacial score (nSPS) is 10.9. The molecule has 2 aromatic carbocycles. The van der Waals surface area contributed by atoms with Gasteiger partial charge in [0.2, 0.25) is 0 Å². The Balaban J connectivity index is 1.31. The number of nitrogens with one attached hydrogen (secondary N) is 1. The minimum absolute atomic E-state index is 0.155. The number of carbonyl (C=O) groups is 1. The minimum atomic E-state index is -0.155. The summed E-state index contributed by atoms with van der Waals surface area (Å²) in [5.41, 5.74) is 5.02. The van der Waals surface area contributed by atoms with Crippen LogP contribution in [0.5, 0.6) is 0 Å². The van der Waals surface area contributed by atoms with E-state index in [0.29, 0.717) is 5.56 Å². The number of hydrogen-bond donors (Lipinski definition) is 1. The Kier molecular flexibility index (Phi) is 4.14. The first-order valence-corrected chi connectivity index (χ1v) is 9.22. The average Bonchev–Trinajstić information content (AvgIpc) is 3.44. The Bertz CT molecular complexity index is 1240. The van der Waals surface area contributed by atoms with Crippen LogP contribution in [0.2, 0.25) is 0 Å². The van der Waals surface area contributed by atoms with E-state index < -0.39 is 0 Å². The van der Waals surface area contributed by atoms with Crippen molar-refractivity contribution < 1.29 is 4.79 Å². The van der Waals surface area contributed by atoms with E-state index in [1.54, 1.807) is 23.0 Å². The standard InChI is InChI=1S/C23H17N5O/c29-23(18-7-11-20(12-8-18)28-15-3-13-24-28)25-19-9-5-17(6-10-19)21-16-27-14-2-1-4-22(27)26-21/h1-16H,(H,25,29). The molecule has 6 heteroatoms. The van der Waals surface area contributed by atoms with Gasteiger partial charge in [0, 0.05) is 41.6 Å². The molecule has 0 aliphatic carbocycles. The third-order valence-electron chi connectivity index (χ3n) is 4.70. The molecule has 0 aliphatic heterocycles. The van der Waals surface area contributed by atoms with E-state index >= 15 is 0 Å². The molecule has 0 aliphatic rings. The SMILES string of the molecule is O=C(Nc1ccc(-c2cn3ccccc3n2)cc1)c1ccc(-n2cccn2)cc1. The Morgan fingerprint density at radius 3 is 2.41 bits per heavy atom. The summed E-state index contributed by atoms with van der Waals surface area (Å²) in [5.74, 6) is -0.155. The molecule has 3 heterocycles. The van der Waals surface area contributed by atoms with Gasteiger partial charge in [-0.2, -0.15) is 5.10 Å². The van der Waals surface area contributed by atoms with Crippen molar-refractivity contribution in [1.29, 1.82) is 0 Å². The van der Waals surface area contributed by atoms with Crippen LogP contribution in [0.1, 0.15) is 10.4 Å². The predicted molar refractivity (Wildman–Crippen MR) is 112 cm³/mol. The molecule has 6 nitrogen and oxygen atoms in total. The number of fused-ring (bicyclic) bond motifs is 1. The summed E-state index contributed by atoms with van der Waals surface area (Å²) in [7, 11) is 0. The summed E-state index contributed by atoms with van der Waals surface area (Å²) in [6, 6.07) is 22.8. The second-order valence-electron chi connectivity index (χ2n) is 6.62. The van der Waals surface area contributed by atoms with Crippen LogP contribution in [0.3, 0.4) is 0 Å². The Morgan fingerprint density at radius 1 is 0.862 bits per heavy atom. The highest BCUT2D eigenvalue weighted by atomic mass is 16.1. The summed E-state index contributed by atoms with van der Waals surface area (Å²) >= 11 is 0. The third-order valence-corrected chi connectivity index (χ3v) is 4.70. The molecule has 5 rings (SSSR count). The van der Waals surface area contributed by atoms with Crippen molar-refractivity contribution in [2.45, 2.75) is 0 Å². The van der Waals surface area contributed by atoms with Gasteiger partial charge in [0.25, 0.3) is 5.91 Å². The maximum absolute atomic E-state index is 12.5. The second kappa shape index (κ2) is 7.09. The molecule has 0 saturated carbocycles. The van der Waals surface area contributed by atoms with Crippen LogP contribution in [0.25, 0.3) is 22.6 Å². The molecule has 0 atom stereocenters. The second-order valence-corrected chi connectivity index (χ2v) is 6.62. The largest absolute Gasteiger partial charge is 0.322 e. The van der Waals surface area contributed by atoms with Crippen molar-refractivity contribution in [2.75, 3.05) is 5.32 Å². The topological polar surface area (TPSA) is 64.2 Å². The molecule has 0 saturated heterocycles. The van der Waals surface area contributed by atoms with Gasteiger partial charge in [-0.05, 0) is 54.6 Å². The number of anilines is 1. The molecule has 29 heavy (non-hydrogen) atoms. The van der Waals surface area contributed by atoms with E-state index in [0.717, 1.165) is 28.3 Å². The molecule has 5 aromatic rings. The summed E-state index contributed by atoms with van der Waals surface area (Å²) in [4.78, 5) is 17.2. The Morgan fingerprint density at radius 2 is 1.69 bits per heavy atom. The molecule has 3 aromatic heterocycles. The number of rotatable bonds is 4. The first-order chi connectivity index (χ1) is 14.3. The maximum Gasteiger partial charge on any atom is 0.255 e. The van der Waals surface area contributed by atoms with E-state index in [2.05, 4.69) is 15.4 Å². The first kappa shape index (κ1) is 16.9. The molecule has 0 spiro atoms.